The van der Waals surface area contributed by atoms with Crippen LogP contribution in [0.1, 0.15) is 18.1 Å². The Kier molecular flexibility index (Phi) is 12.3. The van der Waals surface area contributed by atoms with Crippen LogP contribution in [0.15, 0.2) is 106 Å². The predicted octanol–water partition coefficient (Wildman–Crippen LogP) is 5.45. The average molecular weight is 725 g/mol. The van der Waals surface area contributed by atoms with Crippen molar-refractivity contribution in [3.05, 3.63) is 113 Å². The Morgan fingerprint density at radius 3 is 2.15 bits per heavy atom. The highest BCUT2D eigenvalue weighted by molar-refractivity contribution is 9.10. The van der Waals surface area contributed by atoms with Crippen LogP contribution in [0.4, 0.5) is 5.69 Å². The molecular weight excluding hydrogens is 686 g/mol. The maximum atomic E-state index is 14.5. The summed E-state index contributed by atoms with van der Waals surface area (Å²) in [5.41, 5.74) is 1.83. The number of sulfonamides is 1. The van der Waals surface area contributed by atoms with Crippen molar-refractivity contribution in [2.24, 2.45) is 0 Å². The first kappa shape index (κ1) is 35.3. The van der Waals surface area contributed by atoms with Crippen molar-refractivity contribution < 1.29 is 32.2 Å². The van der Waals surface area contributed by atoms with Gasteiger partial charge in [0.2, 0.25) is 11.8 Å². The first-order valence-corrected chi connectivity index (χ1v) is 17.1. The summed E-state index contributed by atoms with van der Waals surface area (Å²) in [6, 6.07) is 26.5. The molecule has 0 saturated carbocycles. The minimum atomic E-state index is -4.35. The summed E-state index contributed by atoms with van der Waals surface area (Å²) >= 11 is 3.48. The third kappa shape index (κ3) is 8.83. The average Bonchev–Trinajstić information content (AvgIpc) is 3.08. The Labute approximate surface area is 284 Å². The Bertz CT molecular complexity index is 1770. The van der Waals surface area contributed by atoms with Crippen LogP contribution in [0.2, 0.25) is 0 Å². The molecule has 0 aliphatic carbocycles. The number of nitrogens with one attached hydrogen (secondary N) is 1. The molecule has 4 rings (SSSR count). The molecular formula is C35H38BrN3O7S. The zero-order chi connectivity index (χ0) is 34.0. The summed E-state index contributed by atoms with van der Waals surface area (Å²) < 4.78 is 46.8. The third-order valence-electron chi connectivity index (χ3n) is 7.42. The zero-order valence-electron chi connectivity index (χ0n) is 26.7. The number of nitrogens with zero attached hydrogens (tertiary/aromatic N) is 2. The van der Waals surface area contributed by atoms with Gasteiger partial charge in [0.1, 0.15) is 18.3 Å². The molecule has 0 radical (unpaired) electrons. The number of hydrogen-bond acceptors (Lipinski definition) is 7. The van der Waals surface area contributed by atoms with Crippen LogP contribution >= 0.6 is 15.9 Å². The summed E-state index contributed by atoms with van der Waals surface area (Å²) in [4.78, 5) is 29.3. The third-order valence-corrected chi connectivity index (χ3v) is 9.68. The standard InChI is InChI=1S/C35H38BrN3O7S/c1-5-46-29-16-14-28(15-17-29)39(47(42,43)30-18-19-32(44-3)33(22-30)45-4)24-34(40)38(23-26-12-9-13-27(36)20-26)31(35(41)37-2)21-25-10-7-6-8-11-25/h6-20,22,31H,5,21,23-24H2,1-4H3,(H,37,41)/t31-/m1/s1. The van der Waals surface area contributed by atoms with Gasteiger partial charge in [0.05, 0.1) is 31.4 Å². The van der Waals surface area contributed by atoms with Crippen LogP contribution in [0.5, 0.6) is 17.2 Å². The van der Waals surface area contributed by atoms with E-state index in [2.05, 4.69) is 21.2 Å². The molecule has 1 atom stereocenters. The lowest BCUT2D eigenvalue weighted by molar-refractivity contribution is -0.139. The van der Waals surface area contributed by atoms with Gasteiger partial charge in [-0.25, -0.2) is 8.42 Å². The van der Waals surface area contributed by atoms with Gasteiger partial charge in [0, 0.05) is 30.6 Å². The first-order valence-electron chi connectivity index (χ1n) is 14.9. The van der Waals surface area contributed by atoms with Gasteiger partial charge >= 0.3 is 0 Å². The van der Waals surface area contributed by atoms with E-state index in [1.165, 1.54) is 44.4 Å². The number of amides is 2. The SMILES string of the molecule is CCOc1ccc(N(CC(=O)N(Cc2cccc(Br)c2)[C@H](Cc2ccccc2)C(=O)NC)S(=O)(=O)c2ccc(OC)c(OC)c2)cc1. The van der Waals surface area contributed by atoms with Crippen LogP contribution in [0, 0.1) is 0 Å². The highest BCUT2D eigenvalue weighted by Gasteiger charge is 2.34. The summed E-state index contributed by atoms with van der Waals surface area (Å²) in [5.74, 6) is 0.153. The second-order valence-corrected chi connectivity index (χ2v) is 13.2. The lowest BCUT2D eigenvalue weighted by Crippen LogP contribution is -2.53. The minimum Gasteiger partial charge on any atom is -0.494 e. The quantitative estimate of drug-likeness (QED) is 0.174. The molecule has 0 bridgehead atoms. The van der Waals surface area contributed by atoms with Crippen LogP contribution < -0.4 is 23.8 Å². The number of benzene rings is 4. The molecule has 1 N–H and O–H groups in total. The Morgan fingerprint density at radius 1 is 0.851 bits per heavy atom. The lowest BCUT2D eigenvalue weighted by Gasteiger charge is -2.33. The number of halogens is 1. The number of carbonyl (C=O) groups excluding carboxylic acids is 2. The van der Waals surface area contributed by atoms with E-state index in [0.29, 0.717) is 18.1 Å². The van der Waals surface area contributed by atoms with Crippen molar-refractivity contribution in [1.29, 1.82) is 0 Å². The summed E-state index contributed by atoms with van der Waals surface area (Å²) in [5, 5.41) is 2.69. The van der Waals surface area contributed by atoms with Gasteiger partial charge in [0.25, 0.3) is 10.0 Å². The predicted molar refractivity (Wildman–Crippen MR) is 184 cm³/mol. The number of likely N-dealkylation sites (N-methyl/N-ethyl adjacent to an activating group) is 1. The van der Waals surface area contributed by atoms with Gasteiger partial charge in [-0.15, -0.1) is 0 Å². The normalized spacial score (nSPS) is 11.7. The van der Waals surface area contributed by atoms with E-state index >= 15 is 0 Å². The van der Waals surface area contributed by atoms with Crippen molar-refractivity contribution in [3.63, 3.8) is 0 Å². The fourth-order valence-corrected chi connectivity index (χ4v) is 6.94. The fourth-order valence-electron chi connectivity index (χ4n) is 5.06. The van der Waals surface area contributed by atoms with E-state index in [1.807, 2.05) is 61.5 Å². The second kappa shape index (κ2) is 16.3. The lowest BCUT2D eigenvalue weighted by atomic mass is 10.0. The molecule has 0 heterocycles. The number of anilines is 1. The van der Waals surface area contributed by atoms with Crippen molar-refractivity contribution >= 4 is 43.5 Å². The van der Waals surface area contributed by atoms with Gasteiger partial charge in [-0.2, -0.15) is 0 Å². The fraction of sp³-hybridized carbons (Fsp3) is 0.257. The van der Waals surface area contributed by atoms with Gasteiger partial charge < -0.3 is 24.4 Å². The molecule has 0 aliphatic heterocycles. The van der Waals surface area contributed by atoms with E-state index in [-0.39, 0.29) is 35.2 Å². The first-order chi connectivity index (χ1) is 22.6. The maximum Gasteiger partial charge on any atom is 0.264 e. The van der Waals surface area contributed by atoms with E-state index in [1.54, 1.807) is 24.3 Å². The molecule has 4 aromatic rings. The van der Waals surface area contributed by atoms with E-state index in [4.69, 9.17) is 14.2 Å². The van der Waals surface area contributed by atoms with E-state index in [0.717, 1.165) is 19.9 Å². The molecule has 47 heavy (non-hydrogen) atoms. The maximum absolute atomic E-state index is 14.5. The van der Waals surface area contributed by atoms with Crippen molar-refractivity contribution in [2.75, 3.05) is 38.7 Å². The van der Waals surface area contributed by atoms with E-state index in [9.17, 15) is 18.0 Å². The largest absolute Gasteiger partial charge is 0.494 e. The number of ether oxygens (including phenoxy) is 3. The number of carbonyl (C=O) groups is 2. The number of methoxy groups -OCH3 is 2. The minimum absolute atomic E-state index is 0.0523. The van der Waals surface area contributed by atoms with Crippen LogP contribution in [-0.4, -0.2) is 65.6 Å². The molecule has 10 nitrogen and oxygen atoms in total. The topological polar surface area (TPSA) is 114 Å². The molecule has 12 heteroatoms. The Morgan fingerprint density at radius 2 is 1.53 bits per heavy atom. The van der Waals surface area contributed by atoms with Crippen LogP contribution in [-0.2, 0) is 32.6 Å². The van der Waals surface area contributed by atoms with Crippen LogP contribution in [0.25, 0.3) is 0 Å². The zero-order valence-corrected chi connectivity index (χ0v) is 29.1. The van der Waals surface area contributed by atoms with Crippen LogP contribution in [0.3, 0.4) is 0 Å². The Balaban J connectivity index is 1.82. The number of hydrogen-bond donors (Lipinski definition) is 1. The number of rotatable bonds is 15. The summed E-state index contributed by atoms with van der Waals surface area (Å²) in [6.07, 6.45) is 0.214. The van der Waals surface area contributed by atoms with Gasteiger partial charge in [-0.1, -0.05) is 58.4 Å². The molecule has 2 amide bonds. The molecule has 0 aromatic heterocycles. The highest BCUT2D eigenvalue weighted by Crippen LogP contribution is 2.33. The molecule has 0 aliphatic rings. The molecule has 0 unspecified atom stereocenters. The van der Waals surface area contributed by atoms with Gasteiger partial charge in [0.15, 0.2) is 11.5 Å². The Hall–Kier alpha value is -4.55. The second-order valence-electron chi connectivity index (χ2n) is 10.4. The summed E-state index contributed by atoms with van der Waals surface area (Å²) in [6.45, 7) is 1.73. The smallest absolute Gasteiger partial charge is 0.264 e. The molecule has 0 saturated heterocycles. The summed E-state index contributed by atoms with van der Waals surface area (Å²) in [7, 11) is 0.0195. The highest BCUT2D eigenvalue weighted by atomic mass is 79.9. The van der Waals surface area contributed by atoms with Gasteiger partial charge in [-0.05, 0) is 66.6 Å². The molecule has 0 fully saturated rings. The van der Waals surface area contributed by atoms with E-state index < -0.39 is 28.5 Å². The van der Waals surface area contributed by atoms with Crippen molar-refractivity contribution in [3.8, 4) is 17.2 Å². The van der Waals surface area contributed by atoms with Crippen molar-refractivity contribution in [2.45, 2.75) is 30.8 Å². The molecule has 0 spiro atoms. The molecule has 4 aromatic carbocycles. The molecule has 248 valence electrons. The van der Waals surface area contributed by atoms with Crippen molar-refractivity contribution in [1.82, 2.24) is 10.2 Å². The monoisotopic (exact) mass is 723 g/mol. The van der Waals surface area contributed by atoms with Gasteiger partial charge in [-0.3, -0.25) is 13.9 Å².